The zero-order valence-electron chi connectivity index (χ0n) is 27.7. The van der Waals surface area contributed by atoms with Crippen molar-refractivity contribution in [3.8, 4) is 33.4 Å². The van der Waals surface area contributed by atoms with Crippen LogP contribution >= 0.6 is 0 Å². The molecule has 0 unspecified atom stereocenters. The summed E-state index contributed by atoms with van der Waals surface area (Å²) in [6, 6.07) is 66.1. The van der Waals surface area contributed by atoms with Gasteiger partial charge in [-0.25, -0.2) is 0 Å². The number of anilines is 3. The molecule has 10 aromatic rings. The molecule has 0 aliphatic carbocycles. The third-order valence-corrected chi connectivity index (χ3v) is 9.90. The maximum Gasteiger partial charge on any atom is 0.145 e. The van der Waals surface area contributed by atoms with E-state index in [1.54, 1.807) is 0 Å². The molecule has 2 heterocycles. The minimum Gasteiger partial charge on any atom is -0.455 e. The summed E-state index contributed by atoms with van der Waals surface area (Å²) in [5.74, 6) is 0. The molecule has 0 radical (unpaired) electrons. The Kier molecular flexibility index (Phi) is 6.81. The molecule has 240 valence electrons. The fourth-order valence-electron chi connectivity index (χ4n) is 7.46. The van der Waals surface area contributed by atoms with Crippen LogP contribution < -0.4 is 4.90 Å². The van der Waals surface area contributed by atoms with Crippen molar-refractivity contribution in [3.05, 3.63) is 188 Å². The molecule has 8 aromatic carbocycles. The van der Waals surface area contributed by atoms with Gasteiger partial charge in [0.05, 0.1) is 11.1 Å². The molecule has 0 saturated heterocycles. The van der Waals surface area contributed by atoms with Crippen molar-refractivity contribution in [2.75, 3.05) is 4.90 Å². The van der Waals surface area contributed by atoms with Gasteiger partial charge in [0, 0.05) is 38.7 Å². The Morgan fingerprint density at radius 2 is 0.784 bits per heavy atom. The summed E-state index contributed by atoms with van der Waals surface area (Å²) in [6.07, 6.45) is 0. The highest BCUT2D eigenvalue weighted by atomic mass is 16.3. The number of hydrogen-bond donors (Lipinski definition) is 0. The van der Waals surface area contributed by atoms with Crippen LogP contribution in [0.1, 0.15) is 0 Å². The zero-order chi connectivity index (χ0) is 33.7. The van der Waals surface area contributed by atoms with Gasteiger partial charge in [0.15, 0.2) is 0 Å². The number of benzene rings is 8. The third-order valence-electron chi connectivity index (χ3n) is 9.90. The summed E-state index contributed by atoms with van der Waals surface area (Å²) in [4.78, 5) is 2.35. The summed E-state index contributed by atoms with van der Waals surface area (Å²) >= 11 is 0. The highest BCUT2D eigenvalue weighted by Gasteiger charge is 2.24. The molecule has 10 rings (SSSR count). The lowest BCUT2D eigenvalue weighted by molar-refractivity contribution is 0.665. The van der Waals surface area contributed by atoms with Gasteiger partial charge in [-0.1, -0.05) is 140 Å². The number of nitrogens with zero attached hydrogens (tertiary/aromatic N) is 1. The Balaban J connectivity index is 1.20. The molecule has 0 fully saturated rings. The highest BCUT2D eigenvalue weighted by molar-refractivity contribution is 6.19. The molecule has 0 bridgehead atoms. The molecule has 0 amide bonds. The summed E-state index contributed by atoms with van der Waals surface area (Å²) < 4.78 is 13.3. The van der Waals surface area contributed by atoms with Gasteiger partial charge in [-0.15, -0.1) is 0 Å². The second kappa shape index (κ2) is 11.9. The van der Waals surface area contributed by atoms with E-state index in [1.807, 2.05) is 18.2 Å². The molecule has 0 aliphatic rings. The first-order valence-corrected chi connectivity index (χ1v) is 17.3. The predicted octanol–water partition coefficient (Wildman–Crippen LogP) is 14.0. The van der Waals surface area contributed by atoms with Crippen LogP contribution in [0, 0.1) is 0 Å². The standard InChI is InChI=1S/C48H31NO2/c1-3-12-32(13-4-1)34-22-26-36(27-23-34)49(37-28-24-35(25-29-37)33-14-5-2-6-15-33)43-31-30-41(48-46(43)42-17-8-10-21-45(42)51-48)40-19-11-18-39-38-16-7-9-20-44(38)50-47(39)40/h1-31H. The van der Waals surface area contributed by atoms with E-state index in [9.17, 15) is 0 Å². The van der Waals surface area contributed by atoms with Crippen LogP contribution in [-0.2, 0) is 0 Å². The van der Waals surface area contributed by atoms with E-state index in [1.165, 1.54) is 22.3 Å². The number of fused-ring (bicyclic) bond motifs is 6. The number of hydrogen-bond acceptors (Lipinski definition) is 3. The largest absolute Gasteiger partial charge is 0.455 e. The van der Waals surface area contributed by atoms with Crippen molar-refractivity contribution in [1.29, 1.82) is 0 Å². The molecule has 0 saturated carbocycles. The van der Waals surface area contributed by atoms with Gasteiger partial charge in [0.1, 0.15) is 22.3 Å². The quantitative estimate of drug-likeness (QED) is 0.179. The van der Waals surface area contributed by atoms with Crippen molar-refractivity contribution in [2.24, 2.45) is 0 Å². The van der Waals surface area contributed by atoms with Crippen LogP contribution in [0.3, 0.4) is 0 Å². The van der Waals surface area contributed by atoms with Crippen LogP contribution in [0.25, 0.3) is 77.3 Å². The maximum absolute atomic E-state index is 6.81. The minimum atomic E-state index is 0.827. The van der Waals surface area contributed by atoms with Crippen molar-refractivity contribution in [2.45, 2.75) is 0 Å². The molecule has 2 aromatic heterocycles. The van der Waals surface area contributed by atoms with Crippen molar-refractivity contribution >= 4 is 60.9 Å². The molecule has 0 atom stereocenters. The van der Waals surface area contributed by atoms with Gasteiger partial charge >= 0.3 is 0 Å². The first-order chi connectivity index (χ1) is 25.3. The summed E-state index contributed by atoms with van der Waals surface area (Å²) in [5.41, 5.74) is 13.3. The molecular weight excluding hydrogens is 623 g/mol. The zero-order valence-corrected chi connectivity index (χ0v) is 27.7. The fourth-order valence-corrected chi connectivity index (χ4v) is 7.46. The molecule has 0 N–H and O–H groups in total. The molecule has 51 heavy (non-hydrogen) atoms. The number of rotatable bonds is 6. The highest BCUT2D eigenvalue weighted by Crippen LogP contribution is 2.48. The van der Waals surface area contributed by atoms with E-state index in [0.29, 0.717) is 0 Å². The monoisotopic (exact) mass is 653 g/mol. The van der Waals surface area contributed by atoms with Crippen molar-refractivity contribution in [1.82, 2.24) is 0 Å². The summed E-state index contributed by atoms with van der Waals surface area (Å²) in [5, 5.41) is 4.31. The van der Waals surface area contributed by atoms with Gasteiger partial charge in [-0.3, -0.25) is 0 Å². The Morgan fingerprint density at radius 1 is 0.314 bits per heavy atom. The summed E-state index contributed by atoms with van der Waals surface area (Å²) in [7, 11) is 0. The molecule has 3 heteroatoms. The lowest BCUT2D eigenvalue weighted by atomic mass is 9.98. The second-order valence-corrected chi connectivity index (χ2v) is 12.9. The van der Waals surface area contributed by atoms with Crippen LogP contribution in [0.15, 0.2) is 197 Å². The van der Waals surface area contributed by atoms with Gasteiger partial charge in [-0.05, 0) is 70.8 Å². The van der Waals surface area contributed by atoms with Crippen LogP contribution in [0.5, 0.6) is 0 Å². The van der Waals surface area contributed by atoms with Crippen molar-refractivity contribution < 1.29 is 8.83 Å². The SMILES string of the molecule is c1ccc(-c2ccc(N(c3ccc(-c4ccccc4)cc3)c3ccc(-c4cccc5c4oc4ccccc45)c4oc5ccccc5c34)cc2)cc1. The smallest absolute Gasteiger partial charge is 0.145 e. The third kappa shape index (κ3) is 4.90. The van der Waals surface area contributed by atoms with Crippen LogP contribution in [-0.4, -0.2) is 0 Å². The Morgan fingerprint density at radius 3 is 1.41 bits per heavy atom. The maximum atomic E-state index is 6.81. The average molecular weight is 654 g/mol. The topological polar surface area (TPSA) is 29.5 Å². The molecule has 3 nitrogen and oxygen atoms in total. The molecule has 0 aliphatic heterocycles. The minimum absolute atomic E-state index is 0.827. The first-order valence-electron chi connectivity index (χ1n) is 17.3. The summed E-state index contributed by atoms with van der Waals surface area (Å²) in [6.45, 7) is 0. The molecular formula is C48H31NO2. The fraction of sp³-hybridized carbons (Fsp3) is 0. The number of para-hydroxylation sites is 3. The first kappa shape index (κ1) is 29.1. The van der Waals surface area contributed by atoms with E-state index >= 15 is 0 Å². The lowest BCUT2D eigenvalue weighted by Crippen LogP contribution is -2.10. The van der Waals surface area contributed by atoms with Gasteiger partial charge in [-0.2, -0.15) is 0 Å². The van der Waals surface area contributed by atoms with E-state index in [-0.39, 0.29) is 0 Å². The number of furan rings is 2. The van der Waals surface area contributed by atoms with Gasteiger partial charge in [0.2, 0.25) is 0 Å². The van der Waals surface area contributed by atoms with E-state index in [2.05, 4.69) is 175 Å². The Labute approximate surface area is 295 Å². The van der Waals surface area contributed by atoms with E-state index in [4.69, 9.17) is 8.83 Å². The second-order valence-electron chi connectivity index (χ2n) is 12.9. The van der Waals surface area contributed by atoms with E-state index in [0.717, 1.165) is 72.1 Å². The van der Waals surface area contributed by atoms with Crippen LogP contribution in [0.2, 0.25) is 0 Å². The van der Waals surface area contributed by atoms with Gasteiger partial charge < -0.3 is 13.7 Å². The predicted molar refractivity (Wildman–Crippen MR) is 212 cm³/mol. The Bertz CT molecular complexity index is 2750. The van der Waals surface area contributed by atoms with Crippen LogP contribution in [0.4, 0.5) is 17.1 Å². The van der Waals surface area contributed by atoms with Crippen molar-refractivity contribution in [3.63, 3.8) is 0 Å². The Hall–Kier alpha value is -6.84. The van der Waals surface area contributed by atoms with E-state index < -0.39 is 0 Å². The normalized spacial score (nSPS) is 11.5. The van der Waals surface area contributed by atoms with Gasteiger partial charge in [0.25, 0.3) is 0 Å². The lowest BCUT2D eigenvalue weighted by Gasteiger charge is -2.27. The average Bonchev–Trinajstić information content (AvgIpc) is 3.79. The molecule has 0 spiro atoms.